The molecular formula is C29H32N2O4. The van der Waals surface area contributed by atoms with Gasteiger partial charge in [-0.25, -0.2) is 5.01 Å². The summed E-state index contributed by atoms with van der Waals surface area (Å²) in [4.78, 5) is 0. The van der Waals surface area contributed by atoms with Gasteiger partial charge in [0.15, 0.2) is 11.5 Å². The second kappa shape index (κ2) is 10.3. The van der Waals surface area contributed by atoms with Crippen molar-refractivity contribution >= 4 is 5.71 Å². The van der Waals surface area contributed by atoms with Crippen molar-refractivity contribution in [1.29, 1.82) is 0 Å². The summed E-state index contributed by atoms with van der Waals surface area (Å²) in [6.45, 7) is 5.46. The molecule has 0 bridgehead atoms. The highest BCUT2D eigenvalue weighted by atomic mass is 16.5. The van der Waals surface area contributed by atoms with Gasteiger partial charge in [-0.2, -0.15) is 5.10 Å². The molecule has 2 atom stereocenters. The maximum atomic E-state index is 6.51. The Morgan fingerprint density at radius 3 is 2.57 bits per heavy atom. The molecule has 0 aliphatic carbocycles. The molecule has 35 heavy (non-hydrogen) atoms. The Bertz CT molecular complexity index is 1190. The lowest BCUT2D eigenvalue weighted by molar-refractivity contribution is -0.0191. The van der Waals surface area contributed by atoms with E-state index in [2.05, 4.69) is 36.2 Å². The topological polar surface area (TPSA) is 52.5 Å². The van der Waals surface area contributed by atoms with E-state index in [1.807, 2.05) is 49.4 Å². The van der Waals surface area contributed by atoms with Crippen LogP contribution in [0.1, 0.15) is 62.1 Å². The van der Waals surface area contributed by atoms with Crippen LogP contribution in [0, 0.1) is 0 Å². The Kier molecular flexibility index (Phi) is 6.80. The van der Waals surface area contributed by atoms with Crippen LogP contribution in [0.25, 0.3) is 0 Å². The van der Waals surface area contributed by atoms with Crippen LogP contribution in [0.2, 0.25) is 0 Å². The van der Waals surface area contributed by atoms with Gasteiger partial charge in [0, 0.05) is 17.5 Å². The average Bonchev–Trinajstić information content (AvgIpc) is 3.35. The molecule has 6 heteroatoms. The fourth-order valence-corrected chi connectivity index (χ4v) is 4.62. The zero-order valence-corrected chi connectivity index (χ0v) is 20.6. The SMILES string of the molecule is CCCCOc1ccc([C@@H]2Oc3ccccc3[C@H]3CC(c4ccc(OCC)cc4)=NN32)cc1OC. The third kappa shape index (κ3) is 4.65. The van der Waals surface area contributed by atoms with Crippen LogP contribution in [0.5, 0.6) is 23.0 Å². The second-order valence-corrected chi connectivity index (χ2v) is 8.72. The first-order valence-electron chi connectivity index (χ1n) is 12.4. The summed E-state index contributed by atoms with van der Waals surface area (Å²) in [6.07, 6.45) is 2.53. The molecule has 0 fully saturated rings. The molecule has 0 spiro atoms. The molecular weight excluding hydrogens is 440 g/mol. The first kappa shape index (κ1) is 23.1. The summed E-state index contributed by atoms with van der Waals surface area (Å²) in [5.41, 5.74) is 4.26. The maximum absolute atomic E-state index is 6.51. The van der Waals surface area contributed by atoms with E-state index in [4.69, 9.17) is 24.0 Å². The second-order valence-electron chi connectivity index (χ2n) is 8.72. The molecule has 0 saturated heterocycles. The van der Waals surface area contributed by atoms with E-state index >= 15 is 0 Å². The Hall–Kier alpha value is -3.67. The lowest BCUT2D eigenvalue weighted by Gasteiger charge is -2.38. The van der Waals surface area contributed by atoms with E-state index in [0.717, 1.165) is 58.9 Å². The van der Waals surface area contributed by atoms with E-state index < -0.39 is 0 Å². The molecule has 182 valence electrons. The standard InChI is InChI=1S/C29H32N2O4/c1-4-6-17-34-27-16-13-21(18-28(27)32-3)29-31-25(23-9-7-8-10-26(23)35-29)19-24(30-31)20-11-14-22(15-12-20)33-5-2/h7-16,18,25,29H,4-6,17,19H2,1-3H3/t25-,29+/m1/s1. The van der Waals surface area contributed by atoms with Crippen LogP contribution in [0.4, 0.5) is 0 Å². The van der Waals surface area contributed by atoms with E-state index in [9.17, 15) is 0 Å². The molecule has 0 N–H and O–H groups in total. The van der Waals surface area contributed by atoms with Crippen LogP contribution >= 0.6 is 0 Å². The minimum atomic E-state index is -0.367. The predicted molar refractivity (Wildman–Crippen MR) is 137 cm³/mol. The van der Waals surface area contributed by atoms with Gasteiger partial charge in [0.05, 0.1) is 32.1 Å². The van der Waals surface area contributed by atoms with Gasteiger partial charge in [-0.1, -0.05) is 31.5 Å². The number of para-hydroxylation sites is 1. The molecule has 5 rings (SSSR count). The fraction of sp³-hybridized carbons (Fsp3) is 0.345. The molecule has 3 aromatic carbocycles. The summed E-state index contributed by atoms with van der Waals surface area (Å²) < 4.78 is 23.7. The van der Waals surface area contributed by atoms with Gasteiger partial charge < -0.3 is 18.9 Å². The smallest absolute Gasteiger partial charge is 0.214 e. The van der Waals surface area contributed by atoms with Crippen molar-refractivity contribution in [3.05, 3.63) is 83.4 Å². The Morgan fingerprint density at radius 2 is 1.80 bits per heavy atom. The number of hydrazone groups is 1. The maximum Gasteiger partial charge on any atom is 0.214 e. The van der Waals surface area contributed by atoms with Gasteiger partial charge in [0.25, 0.3) is 0 Å². The Balaban J connectivity index is 1.48. The van der Waals surface area contributed by atoms with Crippen LogP contribution in [-0.4, -0.2) is 31.0 Å². The number of unbranched alkanes of at least 4 members (excludes halogenated alkanes) is 1. The number of rotatable bonds is 9. The van der Waals surface area contributed by atoms with Crippen molar-refractivity contribution in [3.8, 4) is 23.0 Å². The highest BCUT2D eigenvalue weighted by molar-refractivity contribution is 6.02. The van der Waals surface area contributed by atoms with Crippen molar-refractivity contribution in [2.45, 2.75) is 45.4 Å². The van der Waals surface area contributed by atoms with Gasteiger partial charge >= 0.3 is 0 Å². The lowest BCUT2D eigenvalue weighted by atomic mass is 9.96. The van der Waals surface area contributed by atoms with Crippen LogP contribution < -0.4 is 18.9 Å². The predicted octanol–water partition coefficient (Wildman–Crippen LogP) is 6.52. The third-order valence-corrected chi connectivity index (χ3v) is 6.43. The quantitative estimate of drug-likeness (QED) is 0.332. The molecule has 0 saturated carbocycles. The van der Waals surface area contributed by atoms with E-state index in [0.29, 0.717) is 19.0 Å². The molecule has 2 aliphatic rings. The molecule has 3 aromatic rings. The highest BCUT2D eigenvalue weighted by Crippen LogP contribution is 2.48. The molecule has 6 nitrogen and oxygen atoms in total. The number of nitrogens with zero attached hydrogens (tertiary/aromatic N) is 2. The monoisotopic (exact) mass is 472 g/mol. The zero-order chi connectivity index (χ0) is 24.2. The third-order valence-electron chi connectivity index (χ3n) is 6.43. The summed E-state index contributed by atoms with van der Waals surface area (Å²) in [5, 5.41) is 7.15. The van der Waals surface area contributed by atoms with E-state index in [1.54, 1.807) is 7.11 Å². The fourth-order valence-electron chi connectivity index (χ4n) is 4.62. The van der Waals surface area contributed by atoms with Gasteiger partial charge in [-0.05, 0) is 67.4 Å². The highest BCUT2D eigenvalue weighted by Gasteiger charge is 2.41. The number of benzene rings is 3. The first-order chi connectivity index (χ1) is 17.2. The van der Waals surface area contributed by atoms with Crippen molar-refractivity contribution in [1.82, 2.24) is 5.01 Å². The van der Waals surface area contributed by atoms with Crippen LogP contribution in [0.3, 0.4) is 0 Å². The van der Waals surface area contributed by atoms with Crippen LogP contribution in [0.15, 0.2) is 71.8 Å². The number of methoxy groups -OCH3 is 1. The lowest BCUT2D eigenvalue weighted by Crippen LogP contribution is -2.33. The first-order valence-corrected chi connectivity index (χ1v) is 12.4. The van der Waals surface area contributed by atoms with Crippen molar-refractivity contribution in [2.75, 3.05) is 20.3 Å². The van der Waals surface area contributed by atoms with Gasteiger partial charge in [-0.3, -0.25) is 0 Å². The van der Waals surface area contributed by atoms with Crippen molar-refractivity contribution in [2.24, 2.45) is 5.10 Å². The minimum Gasteiger partial charge on any atom is -0.494 e. The minimum absolute atomic E-state index is 0.0954. The molecule has 0 aromatic heterocycles. The number of hydrogen-bond donors (Lipinski definition) is 0. The average molecular weight is 473 g/mol. The Labute approximate surface area is 207 Å². The Morgan fingerprint density at radius 1 is 0.971 bits per heavy atom. The number of hydrogen-bond acceptors (Lipinski definition) is 6. The summed E-state index contributed by atoms with van der Waals surface area (Å²) in [7, 11) is 1.67. The number of fused-ring (bicyclic) bond motifs is 3. The van der Waals surface area contributed by atoms with E-state index in [1.165, 1.54) is 0 Å². The number of ether oxygens (including phenoxy) is 4. The van der Waals surface area contributed by atoms with Gasteiger partial charge in [0.2, 0.25) is 6.23 Å². The molecule has 0 radical (unpaired) electrons. The molecule has 0 unspecified atom stereocenters. The van der Waals surface area contributed by atoms with Gasteiger partial charge in [-0.15, -0.1) is 0 Å². The van der Waals surface area contributed by atoms with Crippen molar-refractivity contribution in [3.63, 3.8) is 0 Å². The van der Waals surface area contributed by atoms with Crippen molar-refractivity contribution < 1.29 is 18.9 Å². The van der Waals surface area contributed by atoms with E-state index in [-0.39, 0.29) is 12.3 Å². The largest absolute Gasteiger partial charge is 0.494 e. The summed E-state index contributed by atoms with van der Waals surface area (Å²) in [5.74, 6) is 3.21. The normalized spacial score (nSPS) is 18.3. The zero-order valence-electron chi connectivity index (χ0n) is 20.6. The summed E-state index contributed by atoms with van der Waals surface area (Å²) >= 11 is 0. The summed E-state index contributed by atoms with van der Waals surface area (Å²) in [6, 6.07) is 22.5. The molecule has 2 aliphatic heterocycles. The molecule has 0 amide bonds. The van der Waals surface area contributed by atoms with Crippen LogP contribution in [-0.2, 0) is 0 Å². The molecule has 2 heterocycles. The van der Waals surface area contributed by atoms with Gasteiger partial charge in [0.1, 0.15) is 11.5 Å².